The van der Waals surface area contributed by atoms with E-state index < -0.39 is 0 Å². The Kier molecular flexibility index (Phi) is 3.41. The normalized spacial score (nSPS) is 10.1. The highest BCUT2D eigenvalue weighted by molar-refractivity contribution is 5.59. The van der Waals surface area contributed by atoms with Crippen LogP contribution >= 0.6 is 0 Å². The number of nitrogens with two attached hydrogens (primary N) is 1. The molecular weight excluding hydrogens is 212 g/mol. The summed E-state index contributed by atoms with van der Waals surface area (Å²) in [7, 11) is 0. The van der Waals surface area contributed by atoms with Crippen LogP contribution in [0, 0.1) is 11.3 Å². The van der Waals surface area contributed by atoms with Crippen LogP contribution in [0.1, 0.15) is 12.8 Å². The van der Waals surface area contributed by atoms with Crippen molar-refractivity contribution in [1.82, 2.24) is 9.55 Å². The van der Waals surface area contributed by atoms with Crippen LogP contribution in [0.2, 0.25) is 0 Å². The summed E-state index contributed by atoms with van der Waals surface area (Å²) in [6.07, 6.45) is 5.12. The highest BCUT2D eigenvalue weighted by Crippen LogP contribution is 2.19. The van der Waals surface area contributed by atoms with Crippen molar-refractivity contribution >= 4 is 5.69 Å². The number of nitriles is 1. The minimum absolute atomic E-state index is 0.569. The monoisotopic (exact) mass is 226 g/mol. The van der Waals surface area contributed by atoms with Gasteiger partial charge in [0.05, 0.1) is 6.07 Å². The summed E-state index contributed by atoms with van der Waals surface area (Å²) < 4.78 is 2.06. The Morgan fingerprint density at radius 2 is 2.06 bits per heavy atom. The van der Waals surface area contributed by atoms with Gasteiger partial charge in [-0.1, -0.05) is 0 Å². The molecule has 0 radical (unpaired) electrons. The predicted octanol–water partition coefficient (Wildman–Crippen LogP) is 2.44. The quantitative estimate of drug-likeness (QED) is 0.643. The van der Waals surface area contributed by atoms with Crippen molar-refractivity contribution in [2.75, 3.05) is 5.73 Å². The van der Waals surface area contributed by atoms with Gasteiger partial charge in [-0.05, 0) is 30.7 Å². The molecule has 0 unspecified atom stereocenters. The number of hydrogen-bond donors (Lipinski definition) is 1. The zero-order valence-corrected chi connectivity index (χ0v) is 9.50. The van der Waals surface area contributed by atoms with Crippen molar-refractivity contribution in [2.45, 2.75) is 19.4 Å². The maximum atomic E-state index is 8.52. The summed E-state index contributed by atoms with van der Waals surface area (Å²) in [5.74, 6) is 0.919. The second-order valence-electron chi connectivity index (χ2n) is 3.83. The predicted molar refractivity (Wildman–Crippen MR) is 66.9 cm³/mol. The molecule has 0 aliphatic rings. The van der Waals surface area contributed by atoms with Crippen LogP contribution < -0.4 is 5.73 Å². The molecule has 0 aliphatic carbocycles. The molecule has 0 saturated heterocycles. The molecule has 86 valence electrons. The van der Waals surface area contributed by atoms with E-state index in [0.29, 0.717) is 6.42 Å². The Morgan fingerprint density at radius 1 is 1.29 bits per heavy atom. The molecule has 0 spiro atoms. The number of aromatic nitrogens is 2. The fourth-order valence-corrected chi connectivity index (χ4v) is 1.71. The van der Waals surface area contributed by atoms with E-state index in [-0.39, 0.29) is 0 Å². The van der Waals surface area contributed by atoms with Crippen LogP contribution in [0.25, 0.3) is 11.4 Å². The summed E-state index contributed by atoms with van der Waals surface area (Å²) >= 11 is 0. The van der Waals surface area contributed by atoms with E-state index >= 15 is 0 Å². The Bertz CT molecular complexity index is 519. The van der Waals surface area contributed by atoms with E-state index in [1.54, 1.807) is 6.20 Å². The smallest absolute Gasteiger partial charge is 0.139 e. The van der Waals surface area contributed by atoms with E-state index in [9.17, 15) is 0 Å². The topological polar surface area (TPSA) is 67.6 Å². The van der Waals surface area contributed by atoms with Crippen molar-refractivity contribution in [2.24, 2.45) is 0 Å². The van der Waals surface area contributed by atoms with Crippen molar-refractivity contribution < 1.29 is 0 Å². The van der Waals surface area contributed by atoms with Gasteiger partial charge in [0.25, 0.3) is 0 Å². The zero-order chi connectivity index (χ0) is 12.1. The molecule has 2 aromatic rings. The van der Waals surface area contributed by atoms with Gasteiger partial charge < -0.3 is 10.3 Å². The van der Waals surface area contributed by atoms with Gasteiger partial charge in [-0.2, -0.15) is 5.26 Å². The van der Waals surface area contributed by atoms with Gasteiger partial charge in [-0.3, -0.25) is 0 Å². The summed E-state index contributed by atoms with van der Waals surface area (Å²) in [4.78, 5) is 4.33. The second kappa shape index (κ2) is 5.17. The first-order chi connectivity index (χ1) is 8.31. The number of aryl methyl sites for hydroxylation is 1. The lowest BCUT2D eigenvalue weighted by Gasteiger charge is -2.06. The Hall–Kier alpha value is -2.28. The van der Waals surface area contributed by atoms with Gasteiger partial charge in [0, 0.05) is 36.6 Å². The first-order valence-electron chi connectivity index (χ1n) is 5.55. The van der Waals surface area contributed by atoms with Crippen LogP contribution in [0.3, 0.4) is 0 Å². The van der Waals surface area contributed by atoms with Crippen LogP contribution in [-0.2, 0) is 6.54 Å². The number of nitrogen functional groups attached to an aromatic ring is 1. The average molecular weight is 226 g/mol. The molecule has 2 N–H and O–H groups in total. The van der Waals surface area contributed by atoms with Crippen LogP contribution in [0.4, 0.5) is 5.69 Å². The third kappa shape index (κ3) is 2.64. The van der Waals surface area contributed by atoms with Gasteiger partial charge in [0.1, 0.15) is 5.82 Å². The fraction of sp³-hybridized carbons (Fsp3) is 0.231. The van der Waals surface area contributed by atoms with Gasteiger partial charge in [0.2, 0.25) is 0 Å². The molecular formula is C13H14N4. The van der Waals surface area contributed by atoms with Crippen molar-refractivity contribution in [3.63, 3.8) is 0 Å². The minimum Gasteiger partial charge on any atom is -0.399 e. The molecule has 1 aromatic carbocycles. The minimum atomic E-state index is 0.569. The summed E-state index contributed by atoms with van der Waals surface area (Å²) in [6.45, 7) is 0.813. The van der Waals surface area contributed by atoms with Gasteiger partial charge in [-0.25, -0.2) is 4.98 Å². The molecule has 0 bridgehead atoms. The van der Waals surface area contributed by atoms with E-state index in [0.717, 1.165) is 30.0 Å². The molecule has 0 aliphatic heterocycles. The molecule has 0 saturated carbocycles. The van der Waals surface area contributed by atoms with Crippen LogP contribution in [0.15, 0.2) is 36.7 Å². The number of benzene rings is 1. The SMILES string of the molecule is N#CCCCn1ccnc1-c1ccc(N)cc1. The molecule has 17 heavy (non-hydrogen) atoms. The first-order valence-corrected chi connectivity index (χ1v) is 5.55. The Labute approximate surface area is 100 Å². The number of hydrogen-bond acceptors (Lipinski definition) is 3. The maximum Gasteiger partial charge on any atom is 0.139 e. The van der Waals surface area contributed by atoms with Gasteiger partial charge in [0.15, 0.2) is 0 Å². The molecule has 0 amide bonds. The third-order valence-electron chi connectivity index (χ3n) is 2.57. The third-order valence-corrected chi connectivity index (χ3v) is 2.57. The summed E-state index contributed by atoms with van der Waals surface area (Å²) in [6, 6.07) is 9.79. The van der Waals surface area contributed by atoms with Crippen LogP contribution in [-0.4, -0.2) is 9.55 Å². The largest absolute Gasteiger partial charge is 0.399 e. The molecule has 4 heteroatoms. The lowest BCUT2D eigenvalue weighted by molar-refractivity contribution is 0.659. The maximum absolute atomic E-state index is 8.52. The van der Waals surface area contributed by atoms with Crippen molar-refractivity contribution in [3.05, 3.63) is 36.7 Å². The number of unbranched alkanes of at least 4 members (excludes halogenated alkanes) is 1. The highest BCUT2D eigenvalue weighted by atomic mass is 15.1. The Balaban J connectivity index is 2.19. The van der Waals surface area contributed by atoms with E-state index in [2.05, 4.69) is 15.6 Å². The number of anilines is 1. The second-order valence-corrected chi connectivity index (χ2v) is 3.83. The molecule has 0 fully saturated rings. The number of imidazole rings is 1. The molecule has 1 aromatic heterocycles. The van der Waals surface area contributed by atoms with E-state index in [1.165, 1.54) is 0 Å². The molecule has 4 nitrogen and oxygen atoms in total. The number of rotatable bonds is 4. The Morgan fingerprint density at radius 3 is 2.76 bits per heavy atom. The number of nitrogens with zero attached hydrogens (tertiary/aromatic N) is 3. The van der Waals surface area contributed by atoms with Crippen LogP contribution in [0.5, 0.6) is 0 Å². The summed E-state index contributed by atoms with van der Waals surface area (Å²) in [5, 5.41) is 8.52. The molecule has 2 rings (SSSR count). The standard InChI is InChI=1S/C13H14N4/c14-7-1-2-9-17-10-8-16-13(17)11-3-5-12(15)6-4-11/h3-6,8,10H,1-2,9,15H2. The zero-order valence-electron chi connectivity index (χ0n) is 9.50. The molecule has 1 heterocycles. The highest BCUT2D eigenvalue weighted by Gasteiger charge is 2.04. The van der Waals surface area contributed by atoms with E-state index in [1.807, 2.05) is 30.5 Å². The lowest BCUT2D eigenvalue weighted by Crippen LogP contribution is -1.99. The van der Waals surface area contributed by atoms with Crippen molar-refractivity contribution in [3.8, 4) is 17.5 Å². The molecule has 0 atom stereocenters. The fourth-order valence-electron chi connectivity index (χ4n) is 1.71. The van der Waals surface area contributed by atoms with Gasteiger partial charge >= 0.3 is 0 Å². The van der Waals surface area contributed by atoms with Gasteiger partial charge in [-0.15, -0.1) is 0 Å². The van der Waals surface area contributed by atoms with Crippen molar-refractivity contribution in [1.29, 1.82) is 5.26 Å². The lowest BCUT2D eigenvalue weighted by atomic mass is 10.2. The summed E-state index contributed by atoms with van der Waals surface area (Å²) in [5.41, 5.74) is 7.44. The first kappa shape index (κ1) is 11.2. The average Bonchev–Trinajstić information content (AvgIpc) is 2.79. The van der Waals surface area contributed by atoms with E-state index in [4.69, 9.17) is 11.0 Å².